The van der Waals surface area contributed by atoms with Gasteiger partial charge < -0.3 is 5.11 Å². The number of hydrogen-bond acceptors (Lipinski definition) is 6. The van der Waals surface area contributed by atoms with Crippen LogP contribution in [0.2, 0.25) is 0 Å². The fourth-order valence-electron chi connectivity index (χ4n) is 4.88. The Balaban J connectivity index is 2.42. The number of halogens is 1. The van der Waals surface area contributed by atoms with Crippen molar-refractivity contribution in [3.63, 3.8) is 0 Å². The molecule has 0 saturated carbocycles. The lowest BCUT2D eigenvalue weighted by Crippen LogP contribution is -2.40. The van der Waals surface area contributed by atoms with E-state index in [2.05, 4.69) is 24.5 Å². The number of aliphatic hydroxyl groups excluding tert-OH is 1. The van der Waals surface area contributed by atoms with Gasteiger partial charge in [-0.1, -0.05) is 20.8 Å². The average Bonchev–Trinajstić information content (AvgIpc) is 3.26. The van der Waals surface area contributed by atoms with Crippen LogP contribution in [0, 0.1) is 21.3 Å². The summed E-state index contributed by atoms with van der Waals surface area (Å²) in [5, 5.41) is 21.3. The van der Waals surface area contributed by atoms with Gasteiger partial charge >= 0.3 is 0 Å². The highest BCUT2D eigenvalue weighted by molar-refractivity contribution is 8.03. The number of benzene rings is 2. The van der Waals surface area contributed by atoms with E-state index in [1.54, 1.807) is 0 Å². The highest BCUT2D eigenvalue weighted by atomic mass is 32.3. The standard InChI is InChI=1S/C25H35FN4O5S2/c1-24(2,3)18-25(4,5)27-36(22-12-8-19(26)9-13-22,29-16-6-7-21(29)17-31)28-37(34,35)23-14-10-20(11-15-23)30(32)33/h8-15,21,31H,6-7,16-18H2,1-5H3/t21-,36?/m0/s1. The van der Waals surface area contributed by atoms with Crippen LogP contribution >= 0.6 is 0 Å². The summed E-state index contributed by atoms with van der Waals surface area (Å²) in [5.74, 6) is -0.482. The van der Waals surface area contributed by atoms with E-state index >= 15 is 0 Å². The molecule has 37 heavy (non-hydrogen) atoms. The van der Waals surface area contributed by atoms with E-state index in [1.807, 2.05) is 18.2 Å². The van der Waals surface area contributed by atoms with E-state index in [0.717, 1.165) is 24.3 Å². The fourth-order valence-corrected chi connectivity index (χ4v) is 10.3. The van der Waals surface area contributed by atoms with Gasteiger partial charge in [-0.3, -0.25) is 10.1 Å². The van der Waals surface area contributed by atoms with E-state index in [9.17, 15) is 28.0 Å². The summed E-state index contributed by atoms with van der Waals surface area (Å²) in [7, 11) is -7.43. The van der Waals surface area contributed by atoms with Gasteiger partial charge in [-0.25, -0.2) is 13.1 Å². The first kappa shape index (κ1) is 29.2. The van der Waals surface area contributed by atoms with Crippen molar-refractivity contribution in [2.24, 2.45) is 13.5 Å². The quantitative estimate of drug-likeness (QED) is 0.335. The molecule has 204 valence electrons. The molecule has 1 heterocycles. The summed E-state index contributed by atoms with van der Waals surface area (Å²) in [4.78, 5) is 10.7. The van der Waals surface area contributed by atoms with E-state index < -0.39 is 36.1 Å². The fraction of sp³-hybridized carbons (Fsp3) is 0.520. The van der Waals surface area contributed by atoms with Crippen molar-refractivity contribution in [3.8, 4) is 0 Å². The number of sulfonamides is 1. The molecule has 0 amide bonds. The monoisotopic (exact) mass is 554 g/mol. The van der Waals surface area contributed by atoms with Crippen LogP contribution in [-0.2, 0) is 19.8 Å². The summed E-state index contributed by atoms with van der Waals surface area (Å²) in [5.41, 5.74) is -1.12. The van der Waals surface area contributed by atoms with Gasteiger partial charge in [0.15, 0.2) is 0 Å². The van der Waals surface area contributed by atoms with Gasteiger partial charge in [-0.2, -0.15) is 8.42 Å². The average molecular weight is 555 g/mol. The molecule has 0 aromatic heterocycles. The highest BCUT2D eigenvalue weighted by Crippen LogP contribution is 2.38. The molecule has 1 aliphatic rings. The minimum absolute atomic E-state index is 0.139. The molecule has 2 aromatic carbocycles. The number of hydrogen-bond donors (Lipinski definition) is 1. The summed E-state index contributed by atoms with van der Waals surface area (Å²) in [6, 6.07) is 9.66. The van der Waals surface area contributed by atoms with Crippen molar-refractivity contribution in [1.82, 2.24) is 4.31 Å². The van der Waals surface area contributed by atoms with E-state index in [0.29, 0.717) is 30.7 Å². The molecule has 0 bridgehead atoms. The Morgan fingerprint density at radius 3 is 2.14 bits per heavy atom. The third-order valence-electron chi connectivity index (χ3n) is 5.88. The number of rotatable bonds is 8. The van der Waals surface area contributed by atoms with Crippen molar-refractivity contribution in [2.75, 3.05) is 13.2 Å². The molecule has 2 atom stereocenters. The minimum Gasteiger partial charge on any atom is -0.395 e. The van der Waals surface area contributed by atoms with Gasteiger partial charge in [0.1, 0.15) is 5.82 Å². The zero-order valence-electron chi connectivity index (χ0n) is 21.8. The van der Waals surface area contributed by atoms with Gasteiger partial charge in [-0.05, 0) is 74.9 Å². The Kier molecular flexibility index (Phi) is 8.47. The molecule has 9 nitrogen and oxygen atoms in total. The molecule has 1 fully saturated rings. The molecule has 1 N–H and O–H groups in total. The SMILES string of the molecule is CC(C)(C)CC(C)(C)N=S(=NS(=O)(=O)c1ccc([N+](=O)[O-])cc1)(c1ccc(F)cc1)N1CCC[C@H]1CO. The smallest absolute Gasteiger partial charge is 0.290 e. The molecule has 0 aliphatic carbocycles. The molecule has 1 aliphatic heterocycles. The second-order valence-corrected chi connectivity index (χ2v) is 15.2. The largest absolute Gasteiger partial charge is 0.395 e. The van der Waals surface area contributed by atoms with E-state index in [-0.39, 0.29) is 28.6 Å². The maximum atomic E-state index is 14.0. The summed E-state index contributed by atoms with van der Waals surface area (Å²) >= 11 is 0. The number of nitro benzene ring substituents is 1. The third-order valence-corrected chi connectivity index (χ3v) is 11.1. The molecular weight excluding hydrogens is 519 g/mol. The van der Waals surface area contributed by atoms with Crippen LogP contribution in [0.1, 0.15) is 53.9 Å². The lowest BCUT2D eigenvalue weighted by molar-refractivity contribution is -0.384. The summed E-state index contributed by atoms with van der Waals surface area (Å²) < 4.78 is 53.0. The molecular formula is C25H35FN4O5S2. The summed E-state index contributed by atoms with van der Waals surface area (Å²) in [6.07, 6.45) is 1.96. The minimum atomic E-state index is -4.38. The Labute approximate surface area is 218 Å². The van der Waals surface area contributed by atoms with Crippen LogP contribution < -0.4 is 0 Å². The normalized spacial score (nSPS) is 18.8. The number of nitrogens with zero attached hydrogens (tertiary/aromatic N) is 4. The second kappa shape index (κ2) is 10.8. The van der Waals surface area contributed by atoms with Crippen LogP contribution in [0.5, 0.6) is 0 Å². The summed E-state index contributed by atoms with van der Waals surface area (Å²) in [6.45, 7) is 10.3. The van der Waals surface area contributed by atoms with Crippen molar-refractivity contribution in [2.45, 2.75) is 75.3 Å². The van der Waals surface area contributed by atoms with Gasteiger partial charge in [0.25, 0.3) is 15.7 Å². The molecule has 3 rings (SSSR count). The number of nitro groups is 1. The Morgan fingerprint density at radius 1 is 1.05 bits per heavy atom. The Hall–Kier alpha value is -2.41. The first-order chi connectivity index (χ1) is 17.1. The molecule has 2 aromatic rings. The lowest BCUT2D eigenvalue weighted by atomic mass is 9.82. The van der Waals surface area contributed by atoms with Crippen molar-refractivity contribution < 1.29 is 22.8 Å². The predicted molar refractivity (Wildman–Crippen MR) is 142 cm³/mol. The second-order valence-electron chi connectivity index (χ2n) is 11.0. The maximum Gasteiger partial charge on any atom is 0.290 e. The third kappa shape index (κ3) is 6.92. The molecule has 12 heteroatoms. The van der Waals surface area contributed by atoms with E-state index in [4.69, 9.17) is 4.36 Å². The zero-order chi connectivity index (χ0) is 27.6. The Morgan fingerprint density at radius 2 is 1.62 bits per heavy atom. The molecule has 0 spiro atoms. The van der Waals surface area contributed by atoms with Gasteiger partial charge in [0.05, 0.1) is 22.0 Å². The van der Waals surface area contributed by atoms with Gasteiger partial charge in [0, 0.05) is 39.4 Å². The number of non-ortho nitro benzene ring substituents is 1. The number of aliphatic hydroxyl groups is 1. The predicted octanol–water partition coefficient (Wildman–Crippen LogP) is 5.59. The van der Waals surface area contributed by atoms with Gasteiger partial charge in [-0.15, -0.1) is 3.77 Å². The van der Waals surface area contributed by atoms with Crippen LogP contribution in [0.15, 0.2) is 66.5 Å². The van der Waals surface area contributed by atoms with Crippen molar-refractivity contribution >= 4 is 25.5 Å². The van der Waals surface area contributed by atoms with Crippen molar-refractivity contribution in [1.29, 1.82) is 0 Å². The molecule has 0 radical (unpaired) electrons. The lowest BCUT2D eigenvalue weighted by Gasteiger charge is -2.36. The van der Waals surface area contributed by atoms with Crippen LogP contribution in [0.3, 0.4) is 0 Å². The zero-order valence-corrected chi connectivity index (χ0v) is 23.4. The Bertz CT molecular complexity index is 1360. The van der Waals surface area contributed by atoms with Crippen LogP contribution in [0.4, 0.5) is 10.1 Å². The van der Waals surface area contributed by atoms with Gasteiger partial charge in [0.2, 0.25) is 0 Å². The topological polar surface area (TPSA) is 125 Å². The van der Waals surface area contributed by atoms with Crippen LogP contribution in [0.25, 0.3) is 0 Å². The maximum absolute atomic E-state index is 14.0. The highest BCUT2D eigenvalue weighted by Gasteiger charge is 2.37. The first-order valence-corrected chi connectivity index (χ1v) is 15.0. The van der Waals surface area contributed by atoms with Crippen molar-refractivity contribution in [3.05, 3.63) is 64.5 Å². The first-order valence-electron chi connectivity index (χ1n) is 12.0. The molecule has 1 saturated heterocycles. The molecule has 1 unspecified atom stereocenters. The van der Waals surface area contributed by atoms with E-state index in [1.165, 1.54) is 24.3 Å². The van der Waals surface area contributed by atoms with Crippen LogP contribution in [-0.4, -0.2) is 47.5 Å².